The molecule has 50 valence electrons. The van der Waals surface area contributed by atoms with Crippen molar-refractivity contribution in [1.82, 2.24) is 5.32 Å². The summed E-state index contributed by atoms with van der Waals surface area (Å²) in [6.07, 6.45) is 6.59. The number of rotatable bonds is 5. The predicted octanol–water partition coefficient (Wildman–Crippen LogP) is 0.865. The van der Waals surface area contributed by atoms with Gasteiger partial charge in [0, 0.05) is 13.0 Å². The van der Waals surface area contributed by atoms with E-state index in [4.69, 9.17) is 0 Å². The predicted molar refractivity (Wildman–Crippen MR) is 38.0 cm³/mol. The van der Waals surface area contributed by atoms with E-state index in [2.05, 4.69) is 11.9 Å². The van der Waals surface area contributed by atoms with E-state index in [1.54, 1.807) is 18.4 Å². The summed E-state index contributed by atoms with van der Waals surface area (Å²) in [5.41, 5.74) is 0. The first-order valence-electron chi connectivity index (χ1n) is 2.84. The normalized spacial score (nSPS) is 9.33. The third kappa shape index (κ3) is 6.95. The van der Waals surface area contributed by atoms with Gasteiger partial charge < -0.3 is 10.1 Å². The van der Waals surface area contributed by atoms with E-state index < -0.39 is 0 Å². The summed E-state index contributed by atoms with van der Waals surface area (Å²) in [5.74, 6) is 0. The fourth-order valence-corrected chi connectivity index (χ4v) is 0.358. The lowest BCUT2D eigenvalue weighted by Crippen LogP contribution is -2.02. The van der Waals surface area contributed by atoms with Crippen molar-refractivity contribution in [3.8, 4) is 0 Å². The smallest absolute Gasteiger partial charge is 0.123 e. The Balaban J connectivity index is 3.03. The van der Waals surface area contributed by atoms with E-state index in [0.29, 0.717) is 6.42 Å². The van der Waals surface area contributed by atoms with E-state index in [0.717, 1.165) is 12.8 Å². The van der Waals surface area contributed by atoms with Crippen LogP contribution in [0, 0.1) is 0 Å². The van der Waals surface area contributed by atoms with Crippen LogP contribution in [0.5, 0.6) is 0 Å². The average Bonchev–Trinajstić information content (AvgIpc) is 1.89. The van der Waals surface area contributed by atoms with Crippen molar-refractivity contribution in [2.45, 2.75) is 6.42 Å². The maximum atomic E-state index is 9.74. The lowest BCUT2D eigenvalue weighted by Gasteiger charge is -1.89. The van der Waals surface area contributed by atoms with Gasteiger partial charge in [-0.25, -0.2) is 0 Å². The van der Waals surface area contributed by atoms with E-state index in [1.807, 2.05) is 0 Å². The van der Waals surface area contributed by atoms with E-state index >= 15 is 0 Å². The number of nitrogens with one attached hydrogen (secondary N) is 1. The number of aldehydes is 1. The lowest BCUT2D eigenvalue weighted by atomic mass is 10.4. The molecule has 0 heterocycles. The molecule has 0 aliphatic heterocycles. The molecule has 0 fully saturated rings. The van der Waals surface area contributed by atoms with Crippen LogP contribution in [0.15, 0.2) is 24.9 Å². The molecule has 0 aromatic carbocycles. The molecule has 0 saturated carbocycles. The van der Waals surface area contributed by atoms with Gasteiger partial charge in [-0.05, 0) is 6.20 Å². The zero-order valence-corrected chi connectivity index (χ0v) is 5.34. The zero-order chi connectivity index (χ0) is 6.95. The molecule has 9 heavy (non-hydrogen) atoms. The summed E-state index contributed by atoms with van der Waals surface area (Å²) >= 11 is 0. The number of hydrogen-bond acceptors (Lipinski definition) is 2. The number of allylic oxidation sites excluding steroid dienone is 1. The Morgan fingerprint density at radius 1 is 1.56 bits per heavy atom. The van der Waals surface area contributed by atoms with Gasteiger partial charge in [-0.15, -0.1) is 6.58 Å². The Morgan fingerprint density at radius 3 is 2.89 bits per heavy atom. The summed E-state index contributed by atoms with van der Waals surface area (Å²) in [7, 11) is 0. The SMILES string of the molecule is C=CCNC=CCC=O. The highest BCUT2D eigenvalue weighted by Gasteiger charge is 1.70. The van der Waals surface area contributed by atoms with Crippen molar-refractivity contribution >= 4 is 6.29 Å². The van der Waals surface area contributed by atoms with Gasteiger partial charge >= 0.3 is 0 Å². The Hall–Kier alpha value is -1.05. The standard InChI is InChI=1S/C7H11NO/c1-2-5-8-6-3-4-7-9/h2-3,6-8H,1,4-5H2. The summed E-state index contributed by atoms with van der Waals surface area (Å²) in [4.78, 5) is 9.74. The highest BCUT2D eigenvalue weighted by atomic mass is 16.1. The van der Waals surface area contributed by atoms with Crippen molar-refractivity contribution in [2.75, 3.05) is 6.54 Å². The maximum absolute atomic E-state index is 9.74. The van der Waals surface area contributed by atoms with Crippen LogP contribution in [0.25, 0.3) is 0 Å². The molecule has 0 aromatic rings. The second-order valence-electron chi connectivity index (χ2n) is 1.50. The van der Waals surface area contributed by atoms with Crippen LogP contribution in [0.1, 0.15) is 6.42 Å². The van der Waals surface area contributed by atoms with Gasteiger partial charge in [-0.1, -0.05) is 12.2 Å². The number of carbonyl (C=O) groups is 1. The van der Waals surface area contributed by atoms with E-state index in [-0.39, 0.29) is 0 Å². The highest BCUT2D eigenvalue weighted by molar-refractivity contribution is 5.51. The Bertz CT molecular complexity index is 107. The molecule has 1 N–H and O–H groups in total. The van der Waals surface area contributed by atoms with Crippen LogP contribution in [0.3, 0.4) is 0 Å². The lowest BCUT2D eigenvalue weighted by molar-refractivity contribution is -0.107. The largest absolute Gasteiger partial charge is 0.388 e. The van der Waals surface area contributed by atoms with Crippen molar-refractivity contribution in [3.05, 3.63) is 24.9 Å². The molecule has 0 unspecified atom stereocenters. The van der Waals surface area contributed by atoms with Crippen molar-refractivity contribution in [1.29, 1.82) is 0 Å². The maximum Gasteiger partial charge on any atom is 0.123 e. The molecule has 0 saturated heterocycles. The molecule has 0 aliphatic rings. The minimum atomic E-state index is 0.476. The van der Waals surface area contributed by atoms with Crippen molar-refractivity contribution in [2.24, 2.45) is 0 Å². The Kier molecular flexibility index (Phi) is 6.14. The van der Waals surface area contributed by atoms with Crippen LogP contribution in [-0.2, 0) is 4.79 Å². The summed E-state index contributed by atoms with van der Waals surface area (Å²) in [6.45, 7) is 4.26. The third-order valence-electron chi connectivity index (χ3n) is 0.730. The number of hydrogen-bond donors (Lipinski definition) is 1. The molecule has 0 amide bonds. The van der Waals surface area contributed by atoms with Gasteiger partial charge in [0.1, 0.15) is 6.29 Å². The van der Waals surface area contributed by atoms with Gasteiger partial charge in [-0.2, -0.15) is 0 Å². The molecule has 2 nitrogen and oxygen atoms in total. The third-order valence-corrected chi connectivity index (χ3v) is 0.730. The number of carbonyl (C=O) groups excluding carboxylic acids is 1. The molecule has 0 aromatic heterocycles. The van der Waals surface area contributed by atoms with Gasteiger partial charge in [0.05, 0.1) is 0 Å². The fourth-order valence-electron chi connectivity index (χ4n) is 0.358. The van der Waals surface area contributed by atoms with E-state index in [9.17, 15) is 4.79 Å². The molecule has 0 radical (unpaired) electrons. The fraction of sp³-hybridized carbons (Fsp3) is 0.286. The molecular formula is C7H11NO. The first-order chi connectivity index (χ1) is 4.41. The Labute approximate surface area is 55.3 Å². The topological polar surface area (TPSA) is 29.1 Å². The van der Waals surface area contributed by atoms with Crippen molar-refractivity contribution in [3.63, 3.8) is 0 Å². The minimum Gasteiger partial charge on any atom is -0.388 e. The minimum absolute atomic E-state index is 0.476. The average molecular weight is 125 g/mol. The Morgan fingerprint density at radius 2 is 2.33 bits per heavy atom. The quantitative estimate of drug-likeness (QED) is 0.335. The molecule has 2 heteroatoms. The molecule has 0 bridgehead atoms. The first-order valence-corrected chi connectivity index (χ1v) is 2.84. The monoisotopic (exact) mass is 125 g/mol. The van der Waals surface area contributed by atoms with Gasteiger partial charge in [0.2, 0.25) is 0 Å². The highest BCUT2D eigenvalue weighted by Crippen LogP contribution is 1.72. The molecule has 0 aliphatic carbocycles. The van der Waals surface area contributed by atoms with Gasteiger partial charge in [0.15, 0.2) is 0 Å². The van der Waals surface area contributed by atoms with Crippen LogP contribution in [0.2, 0.25) is 0 Å². The molecule has 0 rings (SSSR count). The van der Waals surface area contributed by atoms with Crippen LogP contribution in [-0.4, -0.2) is 12.8 Å². The van der Waals surface area contributed by atoms with Gasteiger partial charge in [-0.3, -0.25) is 0 Å². The van der Waals surface area contributed by atoms with Crippen LogP contribution >= 0.6 is 0 Å². The summed E-state index contributed by atoms with van der Waals surface area (Å²) < 4.78 is 0. The van der Waals surface area contributed by atoms with Crippen LogP contribution in [0.4, 0.5) is 0 Å². The summed E-state index contributed by atoms with van der Waals surface area (Å²) in [5, 5.41) is 2.91. The second kappa shape index (κ2) is 6.95. The first kappa shape index (κ1) is 7.95. The molecule has 0 atom stereocenters. The van der Waals surface area contributed by atoms with Crippen molar-refractivity contribution < 1.29 is 4.79 Å². The molecular weight excluding hydrogens is 114 g/mol. The second-order valence-corrected chi connectivity index (χ2v) is 1.50. The zero-order valence-electron chi connectivity index (χ0n) is 5.34. The van der Waals surface area contributed by atoms with Gasteiger partial charge in [0.25, 0.3) is 0 Å². The van der Waals surface area contributed by atoms with E-state index in [1.165, 1.54) is 0 Å². The van der Waals surface area contributed by atoms with Crippen LogP contribution < -0.4 is 5.32 Å². The molecule has 0 spiro atoms. The summed E-state index contributed by atoms with van der Waals surface area (Å²) in [6, 6.07) is 0.